The lowest BCUT2D eigenvalue weighted by molar-refractivity contribution is 0.459. The lowest BCUT2D eigenvalue weighted by Crippen LogP contribution is -2.17. The van der Waals surface area contributed by atoms with Crippen molar-refractivity contribution in [2.24, 2.45) is 28.3 Å². The lowest BCUT2D eigenvalue weighted by Gasteiger charge is -2.17. The van der Waals surface area contributed by atoms with E-state index >= 15 is 0 Å². The number of halogens is 1. The van der Waals surface area contributed by atoms with Crippen molar-refractivity contribution < 1.29 is 12.8 Å². The molecule has 1 aromatic rings. The van der Waals surface area contributed by atoms with Crippen molar-refractivity contribution in [2.45, 2.75) is 27.2 Å². The Balaban J connectivity index is 1.65. The summed E-state index contributed by atoms with van der Waals surface area (Å²) in [7, 11) is -3.63. The largest absolute Gasteiger partial charge is 0.384 e. The Hall–Kier alpha value is -1.66. The number of nitrogens with two attached hydrogens (primary N) is 1. The highest BCUT2D eigenvalue weighted by Gasteiger charge is 2.59. The van der Waals surface area contributed by atoms with Gasteiger partial charge < -0.3 is 5.32 Å². The topological polar surface area (TPSA) is 72.2 Å². The fourth-order valence-corrected chi connectivity index (χ4v) is 4.72. The van der Waals surface area contributed by atoms with Crippen molar-refractivity contribution in [3.63, 3.8) is 0 Å². The molecule has 1 unspecified atom stereocenters. The van der Waals surface area contributed by atoms with Gasteiger partial charge in [-0.2, -0.15) is 0 Å². The maximum atomic E-state index is 13.4. The van der Waals surface area contributed by atoms with Crippen LogP contribution in [0.4, 0.5) is 10.1 Å². The van der Waals surface area contributed by atoms with E-state index in [9.17, 15) is 12.8 Å². The molecule has 3 N–H and O–H groups in total. The number of rotatable bonds is 5. The summed E-state index contributed by atoms with van der Waals surface area (Å²) >= 11 is 0. The zero-order chi connectivity index (χ0) is 18.4. The van der Waals surface area contributed by atoms with Crippen molar-refractivity contribution in [3.8, 4) is 0 Å². The molecule has 136 valence electrons. The summed E-state index contributed by atoms with van der Waals surface area (Å²) in [6, 6.07) is 4.77. The number of aryl methyl sites for hydroxylation is 1. The predicted molar refractivity (Wildman–Crippen MR) is 98.8 cm³/mol. The van der Waals surface area contributed by atoms with Gasteiger partial charge in [0.2, 0.25) is 10.0 Å². The van der Waals surface area contributed by atoms with E-state index in [1.165, 1.54) is 12.1 Å². The second kappa shape index (κ2) is 6.25. The molecule has 2 aliphatic carbocycles. The van der Waals surface area contributed by atoms with Gasteiger partial charge in [-0.15, -0.1) is 0 Å². The number of sulfonamides is 1. The Bertz CT molecular complexity index is 843. The Morgan fingerprint density at radius 1 is 1.36 bits per heavy atom. The summed E-state index contributed by atoms with van der Waals surface area (Å²) in [5, 5.41) is 8.56. The Kier molecular flexibility index (Phi) is 4.54. The highest BCUT2D eigenvalue weighted by molar-refractivity contribution is 7.93. The standard InChI is InChI=1S/C19H25FN2O2S/c1-12-4-7-14(20)10-17(12)22-11-16-18(19(16,2)3)13-5-8-15(9-6-13)25(21,23)24/h4-5,7-10,13,16,18,22H,6,11H2,1-3H3,(H2,21,23,24)/t13?,16-,18-/m1/s1. The zero-order valence-electron chi connectivity index (χ0n) is 14.8. The van der Waals surface area contributed by atoms with Gasteiger partial charge in [-0.25, -0.2) is 17.9 Å². The molecule has 25 heavy (non-hydrogen) atoms. The summed E-state index contributed by atoms with van der Waals surface area (Å²) in [5.41, 5.74) is 2.02. The zero-order valence-corrected chi connectivity index (χ0v) is 15.6. The van der Waals surface area contributed by atoms with E-state index in [-0.39, 0.29) is 16.1 Å². The molecule has 3 rings (SSSR count). The first-order valence-electron chi connectivity index (χ1n) is 8.52. The van der Waals surface area contributed by atoms with E-state index in [0.717, 1.165) is 17.8 Å². The minimum Gasteiger partial charge on any atom is -0.384 e. The fourth-order valence-electron chi connectivity index (χ4n) is 4.13. The third-order valence-corrected chi connectivity index (χ3v) is 6.70. The molecule has 0 heterocycles. The maximum absolute atomic E-state index is 13.4. The monoisotopic (exact) mass is 364 g/mol. The van der Waals surface area contributed by atoms with E-state index in [1.807, 2.05) is 13.0 Å². The number of nitrogens with one attached hydrogen (secondary N) is 1. The molecule has 1 aromatic carbocycles. The van der Waals surface area contributed by atoms with Crippen LogP contribution in [0.2, 0.25) is 0 Å². The minimum atomic E-state index is -3.63. The number of benzene rings is 1. The summed E-state index contributed by atoms with van der Waals surface area (Å²) in [6.07, 6.45) is 6.00. The first-order chi connectivity index (χ1) is 11.6. The molecule has 3 atom stereocenters. The lowest BCUT2D eigenvalue weighted by atomic mass is 9.91. The van der Waals surface area contributed by atoms with Crippen molar-refractivity contribution in [1.29, 1.82) is 0 Å². The molecule has 4 nitrogen and oxygen atoms in total. The summed E-state index contributed by atoms with van der Waals surface area (Å²) in [4.78, 5) is 0.201. The molecule has 0 aromatic heterocycles. The SMILES string of the molecule is Cc1ccc(F)cc1NC[C@@H]1[C@@H](C2C=CC(S(N)(=O)=O)=CC2)C1(C)C. The number of hydrogen-bond acceptors (Lipinski definition) is 3. The van der Waals surface area contributed by atoms with E-state index in [4.69, 9.17) is 5.14 Å². The number of primary sulfonamides is 1. The first kappa shape index (κ1) is 18.1. The van der Waals surface area contributed by atoms with Crippen LogP contribution in [0.15, 0.2) is 41.3 Å². The Morgan fingerprint density at radius 3 is 2.68 bits per heavy atom. The average molecular weight is 364 g/mol. The van der Waals surface area contributed by atoms with Gasteiger partial charge in [-0.05, 0) is 60.3 Å². The van der Waals surface area contributed by atoms with Crippen molar-refractivity contribution in [3.05, 3.63) is 52.7 Å². The summed E-state index contributed by atoms with van der Waals surface area (Å²) in [6.45, 7) is 7.20. The molecule has 1 fully saturated rings. The van der Waals surface area contributed by atoms with Gasteiger partial charge in [-0.1, -0.05) is 32.1 Å². The molecule has 6 heteroatoms. The molecular weight excluding hydrogens is 339 g/mol. The van der Waals surface area contributed by atoms with E-state index in [1.54, 1.807) is 18.2 Å². The molecule has 0 radical (unpaired) electrons. The second-order valence-corrected chi connectivity index (χ2v) is 9.27. The van der Waals surface area contributed by atoms with Gasteiger partial charge in [-0.3, -0.25) is 0 Å². The van der Waals surface area contributed by atoms with E-state index < -0.39 is 10.0 Å². The molecule has 0 aliphatic heterocycles. The van der Waals surface area contributed by atoms with Gasteiger partial charge >= 0.3 is 0 Å². The number of anilines is 1. The third-order valence-electron chi connectivity index (χ3n) is 5.74. The first-order valence-corrected chi connectivity index (χ1v) is 10.1. The smallest absolute Gasteiger partial charge is 0.237 e. The van der Waals surface area contributed by atoms with Crippen molar-refractivity contribution >= 4 is 15.7 Å². The van der Waals surface area contributed by atoms with Crippen molar-refractivity contribution in [1.82, 2.24) is 0 Å². The third kappa shape index (κ3) is 3.65. The normalized spacial score (nSPS) is 27.7. The average Bonchev–Trinajstić information content (AvgIpc) is 3.08. The molecule has 0 bridgehead atoms. The van der Waals surface area contributed by atoms with Crippen molar-refractivity contribution in [2.75, 3.05) is 11.9 Å². The van der Waals surface area contributed by atoms with Crippen LogP contribution in [0.1, 0.15) is 25.8 Å². The fraction of sp³-hybridized carbons (Fsp3) is 0.474. The molecular formula is C19H25FN2O2S. The molecule has 0 saturated heterocycles. The highest BCUT2D eigenvalue weighted by atomic mass is 32.2. The number of allylic oxidation sites excluding steroid dienone is 3. The van der Waals surface area contributed by atoms with Crippen LogP contribution in [-0.2, 0) is 10.0 Å². The van der Waals surface area contributed by atoms with E-state index in [0.29, 0.717) is 24.2 Å². The van der Waals surface area contributed by atoms with Gasteiger partial charge in [0.25, 0.3) is 0 Å². The maximum Gasteiger partial charge on any atom is 0.237 e. The van der Waals surface area contributed by atoms with Crippen LogP contribution in [0.25, 0.3) is 0 Å². The number of hydrogen-bond donors (Lipinski definition) is 2. The van der Waals surface area contributed by atoms with E-state index in [2.05, 4.69) is 19.2 Å². The Labute approximate surface area is 149 Å². The van der Waals surface area contributed by atoms with Gasteiger partial charge in [0.05, 0.1) is 4.91 Å². The van der Waals surface area contributed by atoms with Gasteiger partial charge in [0.15, 0.2) is 0 Å². The second-order valence-electron chi connectivity index (χ2n) is 7.70. The van der Waals surface area contributed by atoms with Crippen LogP contribution in [0.5, 0.6) is 0 Å². The van der Waals surface area contributed by atoms with Gasteiger partial charge in [0, 0.05) is 12.2 Å². The van der Waals surface area contributed by atoms with Crippen LogP contribution in [0, 0.1) is 35.9 Å². The molecule has 0 spiro atoms. The van der Waals surface area contributed by atoms with Crippen LogP contribution < -0.4 is 10.5 Å². The molecule has 1 saturated carbocycles. The summed E-state index contributed by atoms with van der Waals surface area (Å²) < 4.78 is 36.2. The molecule has 2 aliphatic rings. The quantitative estimate of drug-likeness (QED) is 0.839. The van der Waals surface area contributed by atoms with Crippen LogP contribution in [0.3, 0.4) is 0 Å². The minimum absolute atomic E-state index is 0.163. The summed E-state index contributed by atoms with van der Waals surface area (Å²) in [5.74, 6) is 0.981. The Morgan fingerprint density at radius 2 is 2.08 bits per heavy atom. The van der Waals surface area contributed by atoms with Crippen LogP contribution >= 0.6 is 0 Å². The molecule has 0 amide bonds. The highest BCUT2D eigenvalue weighted by Crippen LogP contribution is 2.63. The van der Waals surface area contributed by atoms with Gasteiger partial charge in [0.1, 0.15) is 5.82 Å². The predicted octanol–water partition coefficient (Wildman–Crippen LogP) is 3.57. The van der Waals surface area contributed by atoms with Crippen LogP contribution in [-0.4, -0.2) is 15.0 Å².